The number of H-pyrrole nitrogens is 2. The smallest absolute Gasteiger partial charge is 0.326 e. The standard InChI is InChI=1S/C31H37N7O5/c1-18(2)27(38-28(39)23(32)12-19-8-4-3-5-9-19)30(41)36-25(13-20-15-34-24-11-7-6-10-22(20)24)29(40)37-26(31(42)43)14-21-16-33-17-35-21/h3-11,15-18,23,25-27,34H,12-14,32H2,1-2H3,(H,33,35)(H,36,41)(H,37,40)(H,38,39)(H,42,43). The highest BCUT2D eigenvalue weighted by molar-refractivity contribution is 5.95. The Bertz CT molecular complexity index is 1530. The van der Waals surface area contributed by atoms with Gasteiger partial charge in [-0.15, -0.1) is 0 Å². The van der Waals surface area contributed by atoms with Gasteiger partial charge in [0.2, 0.25) is 17.7 Å². The fourth-order valence-corrected chi connectivity index (χ4v) is 4.84. The predicted octanol–water partition coefficient (Wildman–Crippen LogP) is 1.44. The number of amides is 3. The predicted molar refractivity (Wildman–Crippen MR) is 161 cm³/mol. The Kier molecular flexibility index (Phi) is 10.3. The fourth-order valence-electron chi connectivity index (χ4n) is 4.84. The van der Waals surface area contributed by atoms with Crippen LogP contribution in [-0.4, -0.2) is 67.9 Å². The molecule has 3 amide bonds. The second kappa shape index (κ2) is 14.3. The van der Waals surface area contributed by atoms with E-state index in [1.54, 1.807) is 20.0 Å². The van der Waals surface area contributed by atoms with Gasteiger partial charge in [0, 0.05) is 41.8 Å². The van der Waals surface area contributed by atoms with Crippen LogP contribution in [0.1, 0.15) is 30.7 Å². The van der Waals surface area contributed by atoms with Crippen molar-refractivity contribution in [3.05, 3.63) is 90.1 Å². The number of rotatable bonds is 14. The second-order valence-corrected chi connectivity index (χ2v) is 10.8. The molecule has 0 aliphatic heterocycles. The summed E-state index contributed by atoms with van der Waals surface area (Å²) in [5, 5.41) is 18.7. The summed E-state index contributed by atoms with van der Waals surface area (Å²) >= 11 is 0. The van der Waals surface area contributed by atoms with Crippen LogP contribution in [-0.2, 0) is 38.4 Å². The van der Waals surface area contributed by atoms with Crippen molar-refractivity contribution in [1.29, 1.82) is 0 Å². The molecule has 4 aromatic rings. The highest BCUT2D eigenvalue weighted by atomic mass is 16.4. The molecule has 4 rings (SSSR count). The summed E-state index contributed by atoms with van der Waals surface area (Å²) in [6.07, 6.45) is 4.98. The number of nitrogens with zero attached hydrogens (tertiary/aromatic N) is 1. The SMILES string of the molecule is CC(C)C(NC(=O)C(N)Cc1ccccc1)C(=O)NC(Cc1c[nH]c2ccccc12)C(=O)NC(Cc1cnc[nH]1)C(=O)O. The first-order chi connectivity index (χ1) is 20.6. The first-order valence-corrected chi connectivity index (χ1v) is 14.1. The van der Waals surface area contributed by atoms with Crippen LogP contribution in [0.4, 0.5) is 0 Å². The van der Waals surface area contributed by atoms with Gasteiger partial charge < -0.3 is 36.8 Å². The van der Waals surface area contributed by atoms with Crippen molar-refractivity contribution in [1.82, 2.24) is 30.9 Å². The topological polar surface area (TPSA) is 195 Å². The highest BCUT2D eigenvalue weighted by Crippen LogP contribution is 2.19. The molecule has 4 unspecified atom stereocenters. The van der Waals surface area contributed by atoms with Gasteiger partial charge in [0.15, 0.2) is 0 Å². The lowest BCUT2D eigenvalue weighted by Crippen LogP contribution is -2.59. The van der Waals surface area contributed by atoms with E-state index in [0.29, 0.717) is 5.69 Å². The molecule has 12 heteroatoms. The number of carboxylic acid groups (broad SMARTS) is 1. The number of hydrogen-bond acceptors (Lipinski definition) is 6. The van der Waals surface area contributed by atoms with Gasteiger partial charge in [0.25, 0.3) is 0 Å². The number of nitrogens with one attached hydrogen (secondary N) is 5. The summed E-state index contributed by atoms with van der Waals surface area (Å²) in [4.78, 5) is 62.1. The number of carbonyl (C=O) groups is 4. The summed E-state index contributed by atoms with van der Waals surface area (Å²) in [5.74, 6) is -3.34. The summed E-state index contributed by atoms with van der Waals surface area (Å²) in [7, 11) is 0. The van der Waals surface area contributed by atoms with E-state index >= 15 is 0 Å². The summed E-state index contributed by atoms with van der Waals surface area (Å²) in [5.41, 5.74) is 9.17. The molecule has 0 fully saturated rings. The van der Waals surface area contributed by atoms with Crippen LogP contribution in [0, 0.1) is 5.92 Å². The molecule has 2 aromatic heterocycles. The lowest BCUT2D eigenvalue weighted by atomic mass is 9.99. The molecule has 12 nitrogen and oxygen atoms in total. The molecule has 43 heavy (non-hydrogen) atoms. The average molecular weight is 588 g/mol. The van der Waals surface area contributed by atoms with Crippen LogP contribution < -0.4 is 21.7 Å². The van der Waals surface area contributed by atoms with E-state index in [4.69, 9.17) is 5.73 Å². The molecule has 0 saturated carbocycles. The number of carboxylic acids is 1. The number of benzene rings is 2. The van der Waals surface area contributed by atoms with Crippen LogP contribution in [0.3, 0.4) is 0 Å². The summed E-state index contributed by atoms with van der Waals surface area (Å²) in [6.45, 7) is 3.54. The highest BCUT2D eigenvalue weighted by Gasteiger charge is 2.32. The van der Waals surface area contributed by atoms with Gasteiger partial charge >= 0.3 is 5.97 Å². The fraction of sp³-hybridized carbons (Fsp3) is 0.323. The van der Waals surface area contributed by atoms with Crippen LogP contribution in [0.25, 0.3) is 10.9 Å². The minimum absolute atomic E-state index is 0.0290. The quantitative estimate of drug-likeness (QED) is 0.116. The third-order valence-corrected chi connectivity index (χ3v) is 7.21. The van der Waals surface area contributed by atoms with Crippen LogP contribution >= 0.6 is 0 Å². The van der Waals surface area contributed by atoms with Crippen LogP contribution in [0.15, 0.2) is 73.3 Å². The molecule has 4 atom stereocenters. The molecule has 0 saturated heterocycles. The van der Waals surface area contributed by atoms with Gasteiger partial charge in [0.05, 0.1) is 12.4 Å². The Hall–Kier alpha value is -4.97. The molecular weight excluding hydrogens is 550 g/mol. The molecule has 0 bridgehead atoms. The number of carbonyl (C=O) groups excluding carboxylic acids is 3. The maximum atomic E-state index is 13.6. The number of imidazole rings is 1. The van der Waals surface area contributed by atoms with Gasteiger partial charge in [-0.25, -0.2) is 9.78 Å². The zero-order chi connectivity index (χ0) is 30.9. The molecule has 0 aliphatic rings. The van der Waals surface area contributed by atoms with Gasteiger partial charge in [0.1, 0.15) is 18.1 Å². The van der Waals surface area contributed by atoms with Gasteiger partial charge in [-0.1, -0.05) is 62.4 Å². The molecule has 0 spiro atoms. The number of aromatic amines is 2. The third-order valence-electron chi connectivity index (χ3n) is 7.21. The summed E-state index contributed by atoms with van der Waals surface area (Å²) < 4.78 is 0. The minimum atomic E-state index is -1.27. The molecule has 2 aromatic carbocycles. The van der Waals surface area contributed by atoms with Crippen molar-refractivity contribution in [3.8, 4) is 0 Å². The van der Waals surface area contributed by atoms with Gasteiger partial charge in [-0.05, 0) is 29.5 Å². The van der Waals surface area contributed by atoms with E-state index in [-0.39, 0.29) is 25.2 Å². The first kappa shape index (κ1) is 31.0. The van der Waals surface area contributed by atoms with Crippen molar-refractivity contribution in [2.24, 2.45) is 11.7 Å². The Balaban J connectivity index is 1.52. The van der Waals surface area contributed by atoms with Crippen molar-refractivity contribution >= 4 is 34.6 Å². The number of aliphatic carboxylic acids is 1. The normalized spacial score (nSPS) is 14.0. The van der Waals surface area contributed by atoms with Crippen molar-refractivity contribution < 1.29 is 24.3 Å². The first-order valence-electron chi connectivity index (χ1n) is 14.1. The molecule has 8 N–H and O–H groups in total. The van der Waals surface area contributed by atoms with E-state index in [1.165, 1.54) is 12.5 Å². The second-order valence-electron chi connectivity index (χ2n) is 10.8. The van der Waals surface area contributed by atoms with Crippen molar-refractivity contribution in [2.75, 3.05) is 0 Å². The Morgan fingerprint density at radius 3 is 2.21 bits per heavy atom. The van der Waals surface area contributed by atoms with E-state index in [0.717, 1.165) is 22.0 Å². The largest absolute Gasteiger partial charge is 0.480 e. The minimum Gasteiger partial charge on any atom is -0.480 e. The number of para-hydroxylation sites is 1. The molecular formula is C31H37N7O5. The van der Waals surface area contributed by atoms with E-state index in [1.807, 2.05) is 54.6 Å². The average Bonchev–Trinajstić information content (AvgIpc) is 3.65. The monoisotopic (exact) mass is 587 g/mol. The number of nitrogens with two attached hydrogens (primary N) is 1. The molecule has 0 radical (unpaired) electrons. The maximum Gasteiger partial charge on any atom is 0.326 e. The van der Waals surface area contributed by atoms with Crippen molar-refractivity contribution in [3.63, 3.8) is 0 Å². The number of aromatic nitrogens is 3. The molecule has 2 heterocycles. The van der Waals surface area contributed by atoms with Crippen LogP contribution in [0.2, 0.25) is 0 Å². The Morgan fingerprint density at radius 1 is 0.837 bits per heavy atom. The van der Waals surface area contributed by atoms with Crippen LogP contribution in [0.5, 0.6) is 0 Å². The summed E-state index contributed by atoms with van der Waals surface area (Å²) in [6, 6.07) is 12.5. The zero-order valence-corrected chi connectivity index (χ0v) is 24.0. The van der Waals surface area contributed by atoms with Crippen molar-refractivity contribution in [2.45, 2.75) is 57.3 Å². The lowest BCUT2D eigenvalue weighted by Gasteiger charge is -2.27. The zero-order valence-electron chi connectivity index (χ0n) is 24.0. The van der Waals surface area contributed by atoms with E-state index in [9.17, 15) is 24.3 Å². The Morgan fingerprint density at radius 2 is 1.53 bits per heavy atom. The maximum absolute atomic E-state index is 13.6. The van der Waals surface area contributed by atoms with E-state index in [2.05, 4.69) is 30.9 Å². The van der Waals surface area contributed by atoms with Gasteiger partial charge in [-0.3, -0.25) is 14.4 Å². The number of hydrogen-bond donors (Lipinski definition) is 7. The Labute approximate surface area is 248 Å². The molecule has 226 valence electrons. The number of fused-ring (bicyclic) bond motifs is 1. The van der Waals surface area contributed by atoms with E-state index < -0.39 is 47.9 Å². The molecule has 0 aliphatic carbocycles. The van der Waals surface area contributed by atoms with Gasteiger partial charge in [-0.2, -0.15) is 0 Å². The lowest BCUT2D eigenvalue weighted by molar-refractivity contribution is -0.142. The third kappa shape index (κ3) is 8.29.